The van der Waals surface area contributed by atoms with Crippen LogP contribution in [0.1, 0.15) is 19.4 Å². The number of nitro groups is 1. The summed E-state index contributed by atoms with van der Waals surface area (Å²) in [5.74, 6) is -0.240. The molecule has 0 spiro atoms. The summed E-state index contributed by atoms with van der Waals surface area (Å²) < 4.78 is 0. The van der Waals surface area contributed by atoms with Gasteiger partial charge in [0.1, 0.15) is 11.4 Å². The van der Waals surface area contributed by atoms with Crippen molar-refractivity contribution in [1.29, 1.82) is 0 Å². The van der Waals surface area contributed by atoms with Gasteiger partial charge in [0.25, 0.3) is 11.6 Å². The highest BCUT2D eigenvalue weighted by Gasteiger charge is 2.34. The van der Waals surface area contributed by atoms with E-state index in [4.69, 9.17) is 0 Å². The van der Waals surface area contributed by atoms with E-state index in [2.05, 4.69) is 9.89 Å². The molecule has 7 nitrogen and oxygen atoms in total. The highest BCUT2D eigenvalue weighted by Crippen LogP contribution is 2.33. The van der Waals surface area contributed by atoms with Gasteiger partial charge in [-0.05, 0) is 25.2 Å². The molecule has 0 unspecified atom stereocenters. The Bertz CT molecular complexity index is 875. The van der Waals surface area contributed by atoms with Gasteiger partial charge in [0.15, 0.2) is 0 Å². The summed E-state index contributed by atoms with van der Waals surface area (Å²) in [7, 11) is 0. The zero-order valence-electron chi connectivity index (χ0n) is 14.8. The Balaban J connectivity index is 2.07. The van der Waals surface area contributed by atoms with Crippen LogP contribution in [0.2, 0.25) is 0 Å². The summed E-state index contributed by atoms with van der Waals surface area (Å²) >= 11 is 0. The van der Waals surface area contributed by atoms with E-state index >= 15 is 0 Å². The molecule has 0 radical (unpaired) electrons. The first-order valence-electron chi connectivity index (χ1n) is 8.52. The third-order valence-electron chi connectivity index (χ3n) is 4.44. The second kappa shape index (κ2) is 7.45. The molecule has 2 aromatic carbocycles. The molecule has 1 aliphatic rings. The zero-order chi connectivity index (χ0) is 18.7. The van der Waals surface area contributed by atoms with Crippen LogP contribution in [0.15, 0.2) is 53.5 Å². The molecule has 3 rings (SSSR count). The first kappa shape index (κ1) is 17.8. The van der Waals surface area contributed by atoms with Gasteiger partial charge < -0.3 is 0 Å². The molecule has 1 aliphatic heterocycles. The van der Waals surface area contributed by atoms with E-state index in [1.165, 1.54) is 6.07 Å². The van der Waals surface area contributed by atoms with Gasteiger partial charge in [-0.25, -0.2) is 4.99 Å². The lowest BCUT2D eigenvalue weighted by molar-refractivity contribution is -0.384. The average molecular weight is 352 g/mol. The molecular weight excluding hydrogens is 332 g/mol. The maximum Gasteiger partial charge on any atom is 0.294 e. The smallest absolute Gasteiger partial charge is 0.293 e. The monoisotopic (exact) mass is 352 g/mol. The van der Waals surface area contributed by atoms with E-state index in [-0.39, 0.29) is 23.0 Å². The number of hydrogen-bond donors (Lipinski definition) is 0. The lowest BCUT2D eigenvalue weighted by Gasteiger charge is -2.25. The number of amides is 1. The average Bonchev–Trinajstić information content (AvgIpc) is 2.92. The molecule has 2 aromatic rings. The summed E-state index contributed by atoms with van der Waals surface area (Å²) in [6, 6.07) is 13.6. The molecule has 0 saturated carbocycles. The van der Waals surface area contributed by atoms with Crippen molar-refractivity contribution in [3.63, 3.8) is 0 Å². The maximum absolute atomic E-state index is 13.0. The van der Waals surface area contributed by atoms with Crippen molar-refractivity contribution in [2.45, 2.75) is 13.8 Å². The number of rotatable bonds is 6. The number of benzene rings is 2. The second-order valence-corrected chi connectivity index (χ2v) is 5.90. The quantitative estimate of drug-likeness (QED) is 0.590. The first-order chi connectivity index (χ1) is 12.6. The van der Waals surface area contributed by atoms with Crippen molar-refractivity contribution in [1.82, 2.24) is 4.90 Å². The molecule has 0 saturated heterocycles. The van der Waals surface area contributed by atoms with E-state index in [0.29, 0.717) is 12.2 Å². The number of nitrogens with zero attached hydrogens (tertiary/aromatic N) is 4. The predicted molar refractivity (Wildman–Crippen MR) is 101 cm³/mol. The van der Waals surface area contributed by atoms with Crippen molar-refractivity contribution in [3.8, 4) is 0 Å². The molecule has 0 bridgehead atoms. The van der Waals surface area contributed by atoms with Crippen LogP contribution in [0.5, 0.6) is 0 Å². The fraction of sp³-hybridized carbons (Fsp3) is 0.263. The molecule has 1 amide bonds. The second-order valence-electron chi connectivity index (χ2n) is 5.90. The Hall–Kier alpha value is -3.06. The van der Waals surface area contributed by atoms with Crippen molar-refractivity contribution < 1.29 is 9.72 Å². The number of anilines is 1. The van der Waals surface area contributed by atoms with Gasteiger partial charge in [0.05, 0.1) is 17.3 Å². The predicted octanol–water partition coefficient (Wildman–Crippen LogP) is 3.36. The lowest BCUT2D eigenvalue weighted by atomic mass is 10.1. The molecule has 0 N–H and O–H groups in total. The van der Waals surface area contributed by atoms with Crippen LogP contribution >= 0.6 is 0 Å². The Morgan fingerprint density at radius 3 is 2.42 bits per heavy atom. The van der Waals surface area contributed by atoms with Crippen LogP contribution in [0.4, 0.5) is 17.1 Å². The van der Waals surface area contributed by atoms with Crippen molar-refractivity contribution >= 4 is 28.7 Å². The minimum atomic E-state index is -0.488. The molecule has 0 atom stereocenters. The molecular formula is C19H20N4O3. The fourth-order valence-corrected chi connectivity index (χ4v) is 2.97. The number of fused-ring (bicyclic) bond motifs is 1. The van der Waals surface area contributed by atoms with E-state index in [1.54, 1.807) is 23.1 Å². The summed E-state index contributed by atoms with van der Waals surface area (Å²) in [5, 5.41) is 11.2. The van der Waals surface area contributed by atoms with Crippen LogP contribution in [-0.4, -0.2) is 41.2 Å². The van der Waals surface area contributed by atoms with Crippen LogP contribution in [0, 0.1) is 10.1 Å². The highest BCUT2D eigenvalue weighted by molar-refractivity contribution is 6.54. The van der Waals surface area contributed by atoms with Gasteiger partial charge in [-0.1, -0.05) is 44.2 Å². The SMILES string of the molecule is CCN(CC)CN1C(=O)C(=Nc2ccccc2[N+](=O)[O-])c2ccccc21. The standard InChI is InChI=1S/C19H20N4O3/c1-3-21(4-2)13-22-16-11-7-5-9-14(16)18(19(22)24)20-15-10-6-8-12-17(15)23(25)26/h5-12H,3-4,13H2,1-2H3. The van der Waals surface area contributed by atoms with Crippen molar-refractivity contribution in [2.24, 2.45) is 4.99 Å². The molecule has 7 heteroatoms. The van der Waals surface area contributed by atoms with Gasteiger partial charge >= 0.3 is 0 Å². The van der Waals surface area contributed by atoms with E-state index in [9.17, 15) is 14.9 Å². The van der Waals surface area contributed by atoms with Gasteiger partial charge in [0, 0.05) is 11.6 Å². The van der Waals surface area contributed by atoms with E-state index in [0.717, 1.165) is 18.8 Å². The van der Waals surface area contributed by atoms with Gasteiger partial charge in [-0.15, -0.1) is 0 Å². The number of carbonyl (C=O) groups excluding carboxylic acids is 1. The molecule has 134 valence electrons. The summed E-state index contributed by atoms with van der Waals surface area (Å²) in [5.41, 5.74) is 1.78. The lowest BCUT2D eigenvalue weighted by Crippen LogP contribution is -2.41. The Morgan fingerprint density at radius 2 is 1.73 bits per heavy atom. The maximum atomic E-state index is 13.0. The van der Waals surface area contributed by atoms with Gasteiger partial charge in [-0.2, -0.15) is 0 Å². The van der Waals surface area contributed by atoms with Crippen LogP contribution in [-0.2, 0) is 4.79 Å². The van der Waals surface area contributed by atoms with Crippen LogP contribution in [0.25, 0.3) is 0 Å². The number of carbonyl (C=O) groups is 1. The molecule has 0 aliphatic carbocycles. The minimum Gasteiger partial charge on any atom is -0.293 e. The largest absolute Gasteiger partial charge is 0.294 e. The Morgan fingerprint density at radius 1 is 1.08 bits per heavy atom. The number of nitro benzene ring substituents is 1. The Labute approximate surface area is 151 Å². The topological polar surface area (TPSA) is 79.0 Å². The zero-order valence-corrected chi connectivity index (χ0v) is 14.8. The first-order valence-corrected chi connectivity index (χ1v) is 8.52. The molecule has 0 aromatic heterocycles. The van der Waals surface area contributed by atoms with Crippen molar-refractivity contribution in [2.75, 3.05) is 24.7 Å². The van der Waals surface area contributed by atoms with Gasteiger partial charge in [-0.3, -0.25) is 24.7 Å². The fourth-order valence-electron chi connectivity index (χ4n) is 2.97. The van der Waals surface area contributed by atoms with Crippen LogP contribution in [0.3, 0.4) is 0 Å². The third kappa shape index (κ3) is 3.21. The number of hydrogen-bond acceptors (Lipinski definition) is 5. The summed E-state index contributed by atoms with van der Waals surface area (Å²) in [6.45, 7) is 6.17. The molecule has 1 heterocycles. The molecule has 26 heavy (non-hydrogen) atoms. The third-order valence-corrected chi connectivity index (χ3v) is 4.44. The molecule has 0 fully saturated rings. The number of aliphatic imine (C=N–C) groups is 1. The van der Waals surface area contributed by atoms with Crippen LogP contribution < -0.4 is 4.90 Å². The van der Waals surface area contributed by atoms with E-state index < -0.39 is 4.92 Å². The summed E-state index contributed by atoms with van der Waals surface area (Å²) in [4.78, 5) is 32.0. The number of para-hydroxylation sites is 3. The van der Waals surface area contributed by atoms with Gasteiger partial charge in [0.2, 0.25) is 0 Å². The van der Waals surface area contributed by atoms with E-state index in [1.807, 2.05) is 38.1 Å². The normalized spacial score (nSPS) is 15.0. The highest BCUT2D eigenvalue weighted by atomic mass is 16.6. The minimum absolute atomic E-state index is 0.118. The Kier molecular flexibility index (Phi) is 5.09. The summed E-state index contributed by atoms with van der Waals surface area (Å²) in [6.07, 6.45) is 0. The van der Waals surface area contributed by atoms with Crippen molar-refractivity contribution in [3.05, 3.63) is 64.2 Å².